The maximum Gasteiger partial charge on any atom is 0.317 e. The van der Waals surface area contributed by atoms with Crippen LogP contribution in [0.1, 0.15) is 30.9 Å². The lowest BCUT2D eigenvalue weighted by Gasteiger charge is -2.29. The van der Waals surface area contributed by atoms with Crippen LogP contribution in [0.3, 0.4) is 0 Å². The van der Waals surface area contributed by atoms with E-state index in [0.717, 1.165) is 25.9 Å². The lowest BCUT2D eigenvalue weighted by atomic mass is 10.0. The maximum absolute atomic E-state index is 12.4. The summed E-state index contributed by atoms with van der Waals surface area (Å²) in [5.74, 6) is 0.509. The van der Waals surface area contributed by atoms with Crippen molar-refractivity contribution in [3.05, 3.63) is 35.4 Å². The molecule has 2 aliphatic rings. The van der Waals surface area contributed by atoms with Gasteiger partial charge in [-0.1, -0.05) is 24.3 Å². The van der Waals surface area contributed by atoms with Gasteiger partial charge in [0.15, 0.2) is 0 Å². The van der Waals surface area contributed by atoms with Crippen molar-refractivity contribution < 1.29 is 9.59 Å². The molecule has 1 saturated heterocycles. The SMILES string of the molecule is CC1CC(CN)CN1C(=O)CCNC(=O)N1CCc2ccccc2C1.Cl. The summed E-state index contributed by atoms with van der Waals surface area (Å²) in [5.41, 5.74) is 8.24. The molecule has 0 aromatic heterocycles. The number of hydrogen-bond donors (Lipinski definition) is 2. The Balaban J connectivity index is 0.00000243. The minimum Gasteiger partial charge on any atom is -0.340 e. The van der Waals surface area contributed by atoms with Crippen molar-refractivity contribution in [2.45, 2.75) is 38.8 Å². The fourth-order valence-corrected chi connectivity index (χ4v) is 3.86. The number of nitrogens with two attached hydrogens (primary N) is 1. The van der Waals surface area contributed by atoms with Gasteiger partial charge < -0.3 is 20.9 Å². The number of amides is 3. The normalized spacial score (nSPS) is 21.8. The molecule has 0 aliphatic carbocycles. The van der Waals surface area contributed by atoms with E-state index < -0.39 is 0 Å². The molecule has 2 atom stereocenters. The summed E-state index contributed by atoms with van der Waals surface area (Å²) in [5, 5.41) is 2.89. The van der Waals surface area contributed by atoms with Crippen LogP contribution in [-0.4, -0.2) is 54.0 Å². The van der Waals surface area contributed by atoms with E-state index in [9.17, 15) is 9.59 Å². The Morgan fingerprint density at radius 3 is 2.69 bits per heavy atom. The summed E-state index contributed by atoms with van der Waals surface area (Å²) in [4.78, 5) is 28.4. The molecule has 0 saturated carbocycles. The Labute approximate surface area is 161 Å². The average Bonchev–Trinajstić information content (AvgIpc) is 3.02. The Hall–Kier alpha value is -1.79. The molecule has 3 rings (SSSR count). The van der Waals surface area contributed by atoms with Crippen molar-refractivity contribution in [3.63, 3.8) is 0 Å². The van der Waals surface area contributed by atoms with E-state index in [-0.39, 0.29) is 30.4 Å². The van der Waals surface area contributed by atoms with Gasteiger partial charge in [-0.25, -0.2) is 4.79 Å². The molecule has 3 amide bonds. The number of likely N-dealkylation sites (tertiary alicyclic amines) is 1. The molecule has 26 heavy (non-hydrogen) atoms. The number of benzene rings is 1. The maximum atomic E-state index is 12.4. The van der Waals surface area contributed by atoms with Crippen molar-refractivity contribution in [2.75, 3.05) is 26.2 Å². The zero-order chi connectivity index (χ0) is 17.8. The molecule has 1 fully saturated rings. The van der Waals surface area contributed by atoms with Crippen LogP contribution in [-0.2, 0) is 17.8 Å². The van der Waals surface area contributed by atoms with Crippen LogP contribution in [0, 0.1) is 5.92 Å². The first-order chi connectivity index (χ1) is 12.1. The van der Waals surface area contributed by atoms with Crippen molar-refractivity contribution in [1.29, 1.82) is 0 Å². The van der Waals surface area contributed by atoms with Gasteiger partial charge >= 0.3 is 6.03 Å². The van der Waals surface area contributed by atoms with Crippen molar-refractivity contribution in [2.24, 2.45) is 11.7 Å². The Morgan fingerprint density at radius 2 is 2.00 bits per heavy atom. The molecule has 6 nitrogen and oxygen atoms in total. The van der Waals surface area contributed by atoms with E-state index >= 15 is 0 Å². The van der Waals surface area contributed by atoms with Gasteiger partial charge in [-0.15, -0.1) is 12.4 Å². The van der Waals surface area contributed by atoms with E-state index in [1.807, 2.05) is 21.9 Å². The van der Waals surface area contributed by atoms with Crippen LogP contribution >= 0.6 is 12.4 Å². The molecule has 1 aromatic rings. The topological polar surface area (TPSA) is 78.7 Å². The van der Waals surface area contributed by atoms with E-state index in [4.69, 9.17) is 5.73 Å². The molecule has 144 valence electrons. The number of carbonyl (C=O) groups is 2. The van der Waals surface area contributed by atoms with Gasteiger partial charge in [0.2, 0.25) is 5.91 Å². The molecule has 1 aromatic carbocycles. The first kappa shape index (κ1) is 20.5. The molecule has 3 N–H and O–H groups in total. The number of fused-ring (bicyclic) bond motifs is 1. The summed E-state index contributed by atoms with van der Waals surface area (Å²) < 4.78 is 0. The predicted octanol–water partition coefficient (Wildman–Crippen LogP) is 1.76. The number of halogens is 1. The minimum absolute atomic E-state index is 0. The van der Waals surface area contributed by atoms with Crippen LogP contribution in [0.25, 0.3) is 0 Å². The highest BCUT2D eigenvalue weighted by Gasteiger charge is 2.31. The van der Waals surface area contributed by atoms with Crippen LogP contribution in [0.2, 0.25) is 0 Å². The van der Waals surface area contributed by atoms with Gasteiger partial charge in [0, 0.05) is 38.6 Å². The highest BCUT2D eigenvalue weighted by Crippen LogP contribution is 2.22. The zero-order valence-corrected chi connectivity index (χ0v) is 16.1. The van der Waals surface area contributed by atoms with Crippen molar-refractivity contribution in [3.8, 4) is 0 Å². The quantitative estimate of drug-likeness (QED) is 0.835. The third kappa shape index (κ3) is 4.68. The Kier molecular flexibility index (Phi) is 7.29. The Morgan fingerprint density at radius 1 is 1.27 bits per heavy atom. The zero-order valence-electron chi connectivity index (χ0n) is 15.3. The minimum atomic E-state index is -0.0865. The van der Waals surface area contributed by atoms with Gasteiger partial charge in [-0.2, -0.15) is 0 Å². The van der Waals surface area contributed by atoms with Gasteiger partial charge in [0.25, 0.3) is 0 Å². The third-order valence-electron chi connectivity index (χ3n) is 5.35. The highest BCUT2D eigenvalue weighted by molar-refractivity contribution is 5.85. The van der Waals surface area contributed by atoms with Crippen LogP contribution < -0.4 is 11.1 Å². The summed E-state index contributed by atoms with van der Waals surface area (Å²) in [6.45, 7) is 5.17. The number of urea groups is 1. The Bertz CT molecular complexity index is 640. The van der Waals surface area contributed by atoms with Gasteiger partial charge in [0.1, 0.15) is 0 Å². The standard InChI is InChI=1S/C19H28N4O2.ClH/c1-14-10-15(11-20)12-23(14)18(24)6-8-21-19(25)22-9-7-16-4-2-3-5-17(16)13-22;/h2-5,14-15H,6-13,20H2,1H3,(H,21,25);1H. The second-order valence-corrected chi connectivity index (χ2v) is 7.15. The lowest BCUT2D eigenvalue weighted by molar-refractivity contribution is -0.131. The van der Waals surface area contributed by atoms with Crippen LogP contribution in [0.15, 0.2) is 24.3 Å². The average molecular weight is 381 g/mol. The smallest absolute Gasteiger partial charge is 0.317 e. The van der Waals surface area contributed by atoms with Crippen LogP contribution in [0.4, 0.5) is 4.79 Å². The number of nitrogens with one attached hydrogen (secondary N) is 1. The molecule has 0 radical (unpaired) electrons. The lowest BCUT2D eigenvalue weighted by Crippen LogP contribution is -2.44. The fraction of sp³-hybridized carbons (Fsp3) is 0.579. The fourth-order valence-electron chi connectivity index (χ4n) is 3.86. The second kappa shape index (κ2) is 9.24. The largest absolute Gasteiger partial charge is 0.340 e. The number of nitrogens with zero attached hydrogens (tertiary/aromatic N) is 2. The first-order valence-corrected chi connectivity index (χ1v) is 9.17. The summed E-state index contributed by atoms with van der Waals surface area (Å²) in [6, 6.07) is 8.39. The second-order valence-electron chi connectivity index (χ2n) is 7.15. The molecule has 0 bridgehead atoms. The van der Waals surface area contributed by atoms with E-state index in [0.29, 0.717) is 32.0 Å². The molecule has 2 aliphatic heterocycles. The van der Waals surface area contributed by atoms with E-state index in [1.54, 1.807) is 0 Å². The predicted molar refractivity (Wildman–Crippen MR) is 104 cm³/mol. The number of hydrogen-bond acceptors (Lipinski definition) is 3. The van der Waals surface area contributed by atoms with Gasteiger partial charge in [-0.05, 0) is 43.4 Å². The number of carbonyl (C=O) groups excluding carboxylic acids is 2. The van der Waals surface area contributed by atoms with E-state index in [1.165, 1.54) is 11.1 Å². The summed E-state index contributed by atoms with van der Waals surface area (Å²) in [6.07, 6.45) is 2.20. The van der Waals surface area contributed by atoms with Gasteiger partial charge in [0.05, 0.1) is 0 Å². The van der Waals surface area contributed by atoms with E-state index in [2.05, 4.69) is 24.4 Å². The summed E-state index contributed by atoms with van der Waals surface area (Å²) >= 11 is 0. The molecule has 0 spiro atoms. The molecule has 2 unspecified atom stereocenters. The summed E-state index contributed by atoms with van der Waals surface area (Å²) in [7, 11) is 0. The van der Waals surface area contributed by atoms with Crippen molar-refractivity contribution >= 4 is 24.3 Å². The molecule has 7 heteroatoms. The number of rotatable bonds is 4. The van der Waals surface area contributed by atoms with Crippen molar-refractivity contribution in [1.82, 2.24) is 15.1 Å². The monoisotopic (exact) mass is 380 g/mol. The molecule has 2 heterocycles. The van der Waals surface area contributed by atoms with Crippen LogP contribution in [0.5, 0.6) is 0 Å². The molecular weight excluding hydrogens is 352 g/mol. The highest BCUT2D eigenvalue weighted by atomic mass is 35.5. The first-order valence-electron chi connectivity index (χ1n) is 9.17. The molecular formula is C19H29ClN4O2. The third-order valence-corrected chi connectivity index (χ3v) is 5.35. The van der Waals surface area contributed by atoms with Gasteiger partial charge in [-0.3, -0.25) is 4.79 Å².